The standard InChI is InChI=1S/C13H15N3O2S/c1-9-12(17)14-13(16-15-9)19-8-7-10-3-5-11(18-2)6-4-10/h3-6H,7-8H2,1-2H3,(H,14,16,17). The second kappa shape index (κ2) is 6.38. The normalized spacial score (nSPS) is 10.4. The fraction of sp³-hybridized carbons (Fsp3) is 0.308. The largest absolute Gasteiger partial charge is 0.497 e. The van der Waals surface area contributed by atoms with Gasteiger partial charge < -0.3 is 4.74 Å². The number of methoxy groups -OCH3 is 1. The Morgan fingerprint density at radius 3 is 2.63 bits per heavy atom. The summed E-state index contributed by atoms with van der Waals surface area (Å²) >= 11 is 1.49. The number of H-pyrrole nitrogens is 1. The van der Waals surface area contributed by atoms with Gasteiger partial charge in [0.2, 0.25) is 0 Å². The Kier molecular flexibility index (Phi) is 4.57. The lowest BCUT2D eigenvalue weighted by atomic mass is 10.2. The van der Waals surface area contributed by atoms with Crippen LogP contribution in [0.2, 0.25) is 0 Å². The third-order valence-corrected chi connectivity index (χ3v) is 3.49. The van der Waals surface area contributed by atoms with Crippen molar-refractivity contribution in [3.8, 4) is 5.75 Å². The molecule has 0 radical (unpaired) electrons. The van der Waals surface area contributed by atoms with Crippen molar-refractivity contribution >= 4 is 11.8 Å². The number of thioether (sulfide) groups is 1. The number of nitrogens with zero attached hydrogens (tertiary/aromatic N) is 2. The highest BCUT2D eigenvalue weighted by Gasteiger charge is 2.01. The van der Waals surface area contributed by atoms with Crippen molar-refractivity contribution in [1.82, 2.24) is 15.2 Å². The third-order valence-electron chi connectivity index (χ3n) is 2.63. The first-order valence-electron chi connectivity index (χ1n) is 5.88. The smallest absolute Gasteiger partial charge is 0.273 e. The topological polar surface area (TPSA) is 67.9 Å². The van der Waals surface area contributed by atoms with Crippen LogP contribution in [0, 0.1) is 6.92 Å². The van der Waals surface area contributed by atoms with Crippen molar-refractivity contribution in [2.24, 2.45) is 0 Å². The summed E-state index contributed by atoms with van der Waals surface area (Å²) in [6.45, 7) is 1.64. The number of aryl methyl sites for hydroxylation is 2. The van der Waals surface area contributed by atoms with E-state index in [1.54, 1.807) is 14.0 Å². The number of hydrogen-bond acceptors (Lipinski definition) is 5. The third kappa shape index (κ3) is 3.82. The fourth-order valence-corrected chi connectivity index (χ4v) is 2.30. The number of ether oxygens (including phenoxy) is 1. The van der Waals surface area contributed by atoms with E-state index in [9.17, 15) is 4.79 Å². The Hall–Kier alpha value is -1.82. The van der Waals surface area contributed by atoms with Gasteiger partial charge in [0.05, 0.1) is 7.11 Å². The molecule has 1 aromatic carbocycles. The van der Waals surface area contributed by atoms with Crippen molar-refractivity contribution in [3.05, 3.63) is 45.9 Å². The first-order chi connectivity index (χ1) is 9.19. The van der Waals surface area contributed by atoms with Gasteiger partial charge >= 0.3 is 0 Å². The minimum atomic E-state index is -0.179. The first kappa shape index (κ1) is 13.6. The molecule has 0 fully saturated rings. The highest BCUT2D eigenvalue weighted by molar-refractivity contribution is 7.99. The second-order valence-electron chi connectivity index (χ2n) is 3.99. The summed E-state index contributed by atoms with van der Waals surface area (Å²) in [6.07, 6.45) is 0.895. The molecule has 1 N–H and O–H groups in total. The van der Waals surface area contributed by atoms with Crippen molar-refractivity contribution < 1.29 is 4.74 Å². The first-order valence-corrected chi connectivity index (χ1v) is 6.87. The van der Waals surface area contributed by atoms with Crippen LogP contribution in [-0.2, 0) is 6.42 Å². The lowest BCUT2D eigenvalue weighted by Crippen LogP contribution is -2.14. The molecule has 0 aliphatic carbocycles. The minimum absolute atomic E-state index is 0.179. The minimum Gasteiger partial charge on any atom is -0.497 e. The zero-order chi connectivity index (χ0) is 13.7. The van der Waals surface area contributed by atoms with Crippen LogP contribution in [0.4, 0.5) is 0 Å². The van der Waals surface area contributed by atoms with E-state index in [2.05, 4.69) is 15.2 Å². The molecule has 0 saturated heterocycles. The van der Waals surface area contributed by atoms with E-state index < -0.39 is 0 Å². The van der Waals surface area contributed by atoms with E-state index in [0.717, 1.165) is 17.9 Å². The van der Waals surface area contributed by atoms with E-state index in [-0.39, 0.29) is 5.56 Å². The summed E-state index contributed by atoms with van der Waals surface area (Å²) in [5.74, 6) is 1.69. The van der Waals surface area contributed by atoms with Gasteiger partial charge in [0, 0.05) is 5.75 Å². The van der Waals surface area contributed by atoms with Crippen molar-refractivity contribution in [2.75, 3.05) is 12.9 Å². The Labute approximate surface area is 115 Å². The molecular weight excluding hydrogens is 262 g/mol. The van der Waals surface area contributed by atoms with Crippen LogP contribution >= 0.6 is 11.8 Å². The molecule has 0 aliphatic heterocycles. The van der Waals surface area contributed by atoms with Crippen LogP contribution < -0.4 is 10.3 Å². The van der Waals surface area contributed by atoms with E-state index in [4.69, 9.17) is 4.74 Å². The molecule has 0 atom stereocenters. The van der Waals surface area contributed by atoms with Gasteiger partial charge in [0.15, 0.2) is 5.16 Å². The lowest BCUT2D eigenvalue weighted by Gasteiger charge is -2.03. The molecule has 5 nitrogen and oxygen atoms in total. The number of nitrogens with one attached hydrogen (secondary N) is 1. The average molecular weight is 277 g/mol. The average Bonchev–Trinajstić information content (AvgIpc) is 2.43. The van der Waals surface area contributed by atoms with Gasteiger partial charge in [-0.2, -0.15) is 0 Å². The molecule has 0 unspecified atom stereocenters. The zero-order valence-electron chi connectivity index (χ0n) is 10.8. The Bertz CT molecular complexity index is 596. The maximum atomic E-state index is 11.4. The number of aromatic amines is 1. The lowest BCUT2D eigenvalue weighted by molar-refractivity contribution is 0.414. The van der Waals surface area contributed by atoms with Crippen LogP contribution in [0.5, 0.6) is 5.75 Å². The maximum absolute atomic E-state index is 11.4. The van der Waals surface area contributed by atoms with Crippen molar-refractivity contribution in [2.45, 2.75) is 18.5 Å². The molecule has 0 bridgehead atoms. The summed E-state index contributed by atoms with van der Waals surface area (Å²) in [5, 5.41) is 8.29. The van der Waals surface area contributed by atoms with Gasteiger partial charge in [-0.05, 0) is 31.0 Å². The van der Waals surface area contributed by atoms with Crippen LogP contribution in [0.3, 0.4) is 0 Å². The molecule has 0 amide bonds. The molecule has 100 valence electrons. The summed E-state index contributed by atoms with van der Waals surface area (Å²) in [5.41, 5.74) is 1.43. The predicted molar refractivity (Wildman–Crippen MR) is 74.8 cm³/mol. The highest BCUT2D eigenvalue weighted by atomic mass is 32.2. The van der Waals surface area contributed by atoms with E-state index in [1.165, 1.54) is 17.3 Å². The monoisotopic (exact) mass is 277 g/mol. The van der Waals surface area contributed by atoms with Gasteiger partial charge in [-0.15, -0.1) is 10.2 Å². The van der Waals surface area contributed by atoms with Crippen LogP contribution in [-0.4, -0.2) is 28.0 Å². The molecule has 19 heavy (non-hydrogen) atoms. The molecular formula is C13H15N3O2S. The van der Waals surface area contributed by atoms with Crippen LogP contribution in [0.1, 0.15) is 11.3 Å². The molecule has 2 aromatic rings. The molecule has 1 heterocycles. The maximum Gasteiger partial charge on any atom is 0.273 e. The van der Waals surface area contributed by atoms with Gasteiger partial charge in [0.1, 0.15) is 11.4 Å². The molecule has 6 heteroatoms. The van der Waals surface area contributed by atoms with Crippen LogP contribution in [0.25, 0.3) is 0 Å². The molecule has 0 aliphatic rings. The SMILES string of the molecule is COc1ccc(CCSc2nnc(C)c(=O)[nH]2)cc1. The molecule has 0 saturated carbocycles. The summed E-state index contributed by atoms with van der Waals surface area (Å²) < 4.78 is 5.10. The van der Waals surface area contributed by atoms with E-state index in [0.29, 0.717) is 10.9 Å². The van der Waals surface area contributed by atoms with E-state index in [1.807, 2.05) is 24.3 Å². The Morgan fingerprint density at radius 2 is 2.00 bits per heavy atom. The molecule has 2 rings (SSSR count). The quantitative estimate of drug-likeness (QED) is 0.844. The van der Waals surface area contributed by atoms with Crippen molar-refractivity contribution in [3.63, 3.8) is 0 Å². The summed E-state index contributed by atoms with van der Waals surface area (Å²) in [4.78, 5) is 14.1. The second-order valence-corrected chi connectivity index (χ2v) is 5.07. The number of aromatic nitrogens is 3. The Balaban J connectivity index is 1.88. The summed E-state index contributed by atoms with van der Waals surface area (Å²) in [6, 6.07) is 7.94. The van der Waals surface area contributed by atoms with Crippen molar-refractivity contribution in [1.29, 1.82) is 0 Å². The number of benzene rings is 1. The summed E-state index contributed by atoms with van der Waals surface area (Å²) in [7, 11) is 1.65. The Morgan fingerprint density at radius 1 is 1.26 bits per heavy atom. The number of rotatable bonds is 5. The predicted octanol–water partition coefficient (Wildman–Crippen LogP) is 1.82. The van der Waals surface area contributed by atoms with Crippen LogP contribution in [0.15, 0.2) is 34.2 Å². The van der Waals surface area contributed by atoms with Gasteiger partial charge in [-0.1, -0.05) is 23.9 Å². The van der Waals surface area contributed by atoms with Gasteiger partial charge in [-0.25, -0.2) is 0 Å². The van der Waals surface area contributed by atoms with Gasteiger partial charge in [-0.3, -0.25) is 9.78 Å². The zero-order valence-corrected chi connectivity index (χ0v) is 11.7. The molecule has 1 aromatic heterocycles. The van der Waals surface area contributed by atoms with Gasteiger partial charge in [0.25, 0.3) is 5.56 Å². The van der Waals surface area contributed by atoms with E-state index >= 15 is 0 Å². The molecule has 0 spiro atoms. The highest BCUT2D eigenvalue weighted by Crippen LogP contribution is 2.15. The fourth-order valence-electron chi connectivity index (χ4n) is 1.50. The number of hydrogen-bond donors (Lipinski definition) is 1.